The summed E-state index contributed by atoms with van der Waals surface area (Å²) < 4.78 is 0. The van der Waals surface area contributed by atoms with Gasteiger partial charge in [-0.25, -0.2) is 0 Å². The van der Waals surface area contributed by atoms with Gasteiger partial charge in [-0.3, -0.25) is 25.0 Å². The highest BCUT2D eigenvalue weighted by molar-refractivity contribution is 6.10. The van der Waals surface area contributed by atoms with Crippen molar-refractivity contribution >= 4 is 17.5 Å². The van der Waals surface area contributed by atoms with E-state index in [1.165, 1.54) is 18.2 Å². The second-order valence-electron chi connectivity index (χ2n) is 3.15. The fourth-order valence-corrected chi connectivity index (χ4v) is 1.45. The highest BCUT2D eigenvalue weighted by Crippen LogP contribution is 2.20. The van der Waals surface area contributed by atoms with E-state index in [4.69, 9.17) is 0 Å². The van der Waals surface area contributed by atoms with Crippen LogP contribution in [0.5, 0.6) is 0 Å². The van der Waals surface area contributed by atoms with Crippen LogP contribution < -0.4 is 5.32 Å². The minimum absolute atomic E-state index is 0.0824. The smallest absolute Gasteiger partial charge is 0.270 e. The van der Waals surface area contributed by atoms with Crippen LogP contribution in [0.15, 0.2) is 18.2 Å². The maximum atomic E-state index is 11.3. The molecule has 2 rings (SSSR count). The van der Waals surface area contributed by atoms with Gasteiger partial charge in [-0.15, -0.1) is 0 Å². The molecule has 1 heterocycles. The maximum absolute atomic E-state index is 11.3. The number of hydrogen-bond donors (Lipinski definition) is 1. The lowest BCUT2D eigenvalue weighted by Crippen LogP contribution is -2.37. The third-order valence-corrected chi connectivity index (χ3v) is 2.15. The molecule has 1 aliphatic rings. The normalized spacial score (nSPS) is 14.4. The minimum atomic E-state index is -0.579. The van der Waals surface area contributed by atoms with Crippen molar-refractivity contribution < 1.29 is 14.5 Å². The number of carbonyl (C=O) groups is 2. The predicted molar refractivity (Wildman–Crippen MR) is 49.3 cm³/mol. The summed E-state index contributed by atoms with van der Waals surface area (Å²) in [6, 6.07) is 3.89. The molecule has 0 saturated carbocycles. The van der Waals surface area contributed by atoms with Crippen molar-refractivity contribution in [2.75, 3.05) is 0 Å². The van der Waals surface area contributed by atoms with Crippen molar-refractivity contribution in [3.63, 3.8) is 0 Å². The van der Waals surface area contributed by atoms with Crippen molar-refractivity contribution in [2.45, 2.75) is 6.42 Å². The molecule has 0 unspecified atom stereocenters. The molecule has 0 aromatic heterocycles. The summed E-state index contributed by atoms with van der Waals surface area (Å²) in [5.74, 6) is -0.966. The number of amides is 2. The SMILES string of the molecule is O=C1Cc2ccc([N+](=O)[O-])cc2C(=O)N1. The van der Waals surface area contributed by atoms with E-state index in [1.807, 2.05) is 0 Å². The topological polar surface area (TPSA) is 89.3 Å². The number of hydrogen-bond acceptors (Lipinski definition) is 4. The van der Waals surface area contributed by atoms with Crippen LogP contribution in [0.25, 0.3) is 0 Å². The first-order chi connectivity index (χ1) is 7.08. The highest BCUT2D eigenvalue weighted by Gasteiger charge is 2.24. The first kappa shape index (κ1) is 9.32. The van der Waals surface area contributed by atoms with Crippen molar-refractivity contribution in [3.8, 4) is 0 Å². The van der Waals surface area contributed by atoms with Crippen LogP contribution in [0, 0.1) is 10.1 Å². The summed E-state index contributed by atoms with van der Waals surface area (Å²) in [5, 5.41) is 12.6. The van der Waals surface area contributed by atoms with Crippen molar-refractivity contribution in [1.29, 1.82) is 0 Å². The fraction of sp³-hybridized carbons (Fsp3) is 0.111. The summed E-state index contributed by atoms with van der Waals surface area (Å²) >= 11 is 0. The summed E-state index contributed by atoms with van der Waals surface area (Å²) in [7, 11) is 0. The lowest BCUT2D eigenvalue weighted by Gasteiger charge is -2.14. The quantitative estimate of drug-likeness (QED) is 0.409. The predicted octanol–water partition coefficient (Wildman–Crippen LogP) is 0.407. The zero-order chi connectivity index (χ0) is 11.0. The largest absolute Gasteiger partial charge is 0.292 e. The lowest BCUT2D eigenvalue weighted by atomic mass is 9.99. The number of nitro groups is 1. The van der Waals surface area contributed by atoms with Gasteiger partial charge in [0.15, 0.2) is 0 Å². The second-order valence-corrected chi connectivity index (χ2v) is 3.15. The maximum Gasteiger partial charge on any atom is 0.270 e. The number of imide groups is 1. The van der Waals surface area contributed by atoms with Gasteiger partial charge in [0.05, 0.1) is 16.9 Å². The molecule has 1 aromatic rings. The Labute approximate surface area is 84.0 Å². The van der Waals surface area contributed by atoms with E-state index >= 15 is 0 Å². The van der Waals surface area contributed by atoms with Crippen LogP contribution in [0.4, 0.5) is 5.69 Å². The standard InChI is InChI=1S/C9H6N2O4/c12-8-3-5-1-2-6(11(14)15)4-7(5)9(13)10-8/h1-2,4H,3H2,(H,10,12,13). The van der Waals surface area contributed by atoms with Crippen molar-refractivity contribution in [3.05, 3.63) is 39.4 Å². The molecule has 0 aliphatic carbocycles. The Bertz CT molecular complexity index is 481. The van der Waals surface area contributed by atoms with Crippen LogP contribution in [-0.2, 0) is 11.2 Å². The average molecular weight is 206 g/mol. The van der Waals surface area contributed by atoms with Crippen LogP contribution in [0.3, 0.4) is 0 Å². The first-order valence-electron chi connectivity index (χ1n) is 4.19. The van der Waals surface area contributed by atoms with Gasteiger partial charge >= 0.3 is 0 Å². The molecule has 2 amide bonds. The molecule has 15 heavy (non-hydrogen) atoms. The molecule has 0 atom stereocenters. The van der Waals surface area contributed by atoms with Crippen LogP contribution in [-0.4, -0.2) is 16.7 Å². The van der Waals surface area contributed by atoms with Gasteiger partial charge in [0.1, 0.15) is 0 Å². The number of fused-ring (bicyclic) bond motifs is 1. The van der Waals surface area contributed by atoms with Gasteiger partial charge in [0.25, 0.3) is 11.6 Å². The van der Waals surface area contributed by atoms with E-state index in [-0.39, 0.29) is 23.6 Å². The Hall–Kier alpha value is -2.24. The summed E-state index contributed by atoms with van der Waals surface area (Å²) in [5.41, 5.74) is 0.566. The molecule has 0 radical (unpaired) electrons. The number of carbonyl (C=O) groups excluding carboxylic acids is 2. The number of non-ortho nitro benzene ring substituents is 1. The van der Waals surface area contributed by atoms with Gasteiger partial charge in [0, 0.05) is 12.1 Å². The number of nitrogens with one attached hydrogen (secondary N) is 1. The van der Waals surface area contributed by atoms with E-state index in [1.54, 1.807) is 0 Å². The van der Waals surface area contributed by atoms with Gasteiger partial charge < -0.3 is 0 Å². The molecule has 0 bridgehead atoms. The van der Waals surface area contributed by atoms with E-state index in [2.05, 4.69) is 5.32 Å². The Morgan fingerprint density at radius 1 is 1.33 bits per heavy atom. The molecule has 1 aromatic carbocycles. The molecular formula is C9H6N2O4. The first-order valence-corrected chi connectivity index (χ1v) is 4.19. The van der Waals surface area contributed by atoms with Crippen LogP contribution >= 0.6 is 0 Å². The summed E-state index contributed by atoms with van der Waals surface area (Å²) in [6.07, 6.45) is 0.0824. The molecule has 6 heteroatoms. The molecular weight excluding hydrogens is 200 g/mol. The minimum Gasteiger partial charge on any atom is -0.292 e. The van der Waals surface area contributed by atoms with Gasteiger partial charge in [-0.2, -0.15) is 0 Å². The van der Waals surface area contributed by atoms with Gasteiger partial charge in [0.2, 0.25) is 5.91 Å². The van der Waals surface area contributed by atoms with Crippen LogP contribution in [0.1, 0.15) is 15.9 Å². The number of nitro benzene ring substituents is 1. The zero-order valence-electron chi connectivity index (χ0n) is 7.52. The number of nitrogens with zero attached hydrogens (tertiary/aromatic N) is 1. The molecule has 0 fully saturated rings. The van der Waals surface area contributed by atoms with Gasteiger partial charge in [-0.1, -0.05) is 6.07 Å². The summed E-state index contributed by atoms with van der Waals surface area (Å²) in [6.45, 7) is 0. The van der Waals surface area contributed by atoms with Crippen LogP contribution in [0.2, 0.25) is 0 Å². The fourth-order valence-electron chi connectivity index (χ4n) is 1.45. The molecule has 1 aliphatic heterocycles. The average Bonchev–Trinajstić information content (AvgIpc) is 2.16. The highest BCUT2D eigenvalue weighted by atomic mass is 16.6. The Morgan fingerprint density at radius 3 is 2.73 bits per heavy atom. The van der Waals surface area contributed by atoms with E-state index in [9.17, 15) is 19.7 Å². The Kier molecular flexibility index (Phi) is 1.96. The van der Waals surface area contributed by atoms with E-state index in [0.717, 1.165) is 0 Å². The molecule has 76 valence electrons. The number of rotatable bonds is 1. The van der Waals surface area contributed by atoms with Gasteiger partial charge in [-0.05, 0) is 5.56 Å². The molecule has 0 spiro atoms. The van der Waals surface area contributed by atoms with Crippen molar-refractivity contribution in [2.24, 2.45) is 0 Å². The molecule has 1 N–H and O–H groups in total. The van der Waals surface area contributed by atoms with Crippen molar-refractivity contribution in [1.82, 2.24) is 5.32 Å². The zero-order valence-corrected chi connectivity index (χ0v) is 7.52. The molecule has 6 nitrogen and oxygen atoms in total. The van der Waals surface area contributed by atoms with E-state index < -0.39 is 10.8 Å². The monoisotopic (exact) mass is 206 g/mol. The Balaban J connectivity index is 2.52. The lowest BCUT2D eigenvalue weighted by molar-refractivity contribution is -0.384. The Morgan fingerprint density at radius 2 is 2.07 bits per heavy atom. The third-order valence-electron chi connectivity index (χ3n) is 2.15. The third kappa shape index (κ3) is 1.56. The second kappa shape index (κ2) is 3.16. The van der Waals surface area contributed by atoms with E-state index in [0.29, 0.717) is 5.56 Å². The molecule has 0 saturated heterocycles. The number of benzene rings is 1. The summed E-state index contributed by atoms with van der Waals surface area (Å²) in [4.78, 5) is 32.2.